The van der Waals surface area contributed by atoms with Crippen LogP contribution in [0.1, 0.15) is 46.0 Å². The summed E-state index contributed by atoms with van der Waals surface area (Å²) >= 11 is 0. The minimum atomic E-state index is -3.83. The van der Waals surface area contributed by atoms with Gasteiger partial charge in [-0.1, -0.05) is 26.7 Å². The maximum Gasteiger partial charge on any atom is 0.308 e. The summed E-state index contributed by atoms with van der Waals surface area (Å²) in [4.78, 5) is 11.3. The monoisotopic (exact) mass is 266 g/mol. The SMILES string of the molecule is CCC(C)C(=O)OCCCCCCS(=O)(=O)O. The molecule has 5 nitrogen and oxygen atoms in total. The molecule has 0 aliphatic heterocycles. The van der Waals surface area contributed by atoms with Crippen molar-refractivity contribution in [2.75, 3.05) is 12.4 Å². The van der Waals surface area contributed by atoms with Gasteiger partial charge in [-0.2, -0.15) is 8.42 Å². The molecule has 0 bridgehead atoms. The van der Waals surface area contributed by atoms with E-state index < -0.39 is 10.1 Å². The van der Waals surface area contributed by atoms with E-state index in [-0.39, 0.29) is 17.6 Å². The Kier molecular flexibility index (Phi) is 8.16. The Morgan fingerprint density at radius 2 is 1.82 bits per heavy atom. The number of esters is 1. The number of hydrogen-bond donors (Lipinski definition) is 1. The first-order valence-corrected chi connectivity index (χ1v) is 7.59. The van der Waals surface area contributed by atoms with Crippen LogP contribution >= 0.6 is 0 Å². The van der Waals surface area contributed by atoms with Gasteiger partial charge in [-0.05, 0) is 19.3 Å². The molecular formula is C11H22O5S. The number of carbonyl (C=O) groups excluding carboxylic acids is 1. The molecule has 0 saturated heterocycles. The minimum absolute atomic E-state index is 0.0606. The lowest BCUT2D eigenvalue weighted by Crippen LogP contribution is -2.14. The van der Waals surface area contributed by atoms with Crippen molar-refractivity contribution in [1.82, 2.24) is 0 Å². The molecule has 0 aromatic carbocycles. The van der Waals surface area contributed by atoms with E-state index in [1.54, 1.807) is 0 Å². The molecule has 1 N–H and O–H groups in total. The minimum Gasteiger partial charge on any atom is -0.465 e. The van der Waals surface area contributed by atoms with Crippen molar-refractivity contribution in [3.63, 3.8) is 0 Å². The average molecular weight is 266 g/mol. The van der Waals surface area contributed by atoms with Crippen LogP contribution in [0.5, 0.6) is 0 Å². The summed E-state index contributed by atoms with van der Waals surface area (Å²) < 4.78 is 34.3. The third-order valence-electron chi connectivity index (χ3n) is 2.56. The van der Waals surface area contributed by atoms with Crippen LogP contribution in [0.3, 0.4) is 0 Å². The van der Waals surface area contributed by atoms with Crippen molar-refractivity contribution in [3.05, 3.63) is 0 Å². The fraction of sp³-hybridized carbons (Fsp3) is 0.909. The highest BCUT2D eigenvalue weighted by atomic mass is 32.2. The number of rotatable bonds is 9. The smallest absolute Gasteiger partial charge is 0.308 e. The maximum absolute atomic E-state index is 11.3. The molecule has 0 radical (unpaired) electrons. The fourth-order valence-electron chi connectivity index (χ4n) is 1.22. The van der Waals surface area contributed by atoms with Crippen molar-refractivity contribution in [2.24, 2.45) is 5.92 Å². The molecule has 0 aliphatic carbocycles. The van der Waals surface area contributed by atoms with Gasteiger partial charge in [0.15, 0.2) is 0 Å². The van der Waals surface area contributed by atoms with Crippen molar-refractivity contribution >= 4 is 16.1 Å². The second-order valence-electron chi connectivity index (χ2n) is 4.18. The van der Waals surface area contributed by atoms with Crippen LogP contribution in [0.25, 0.3) is 0 Å². The molecule has 6 heteroatoms. The van der Waals surface area contributed by atoms with E-state index in [1.807, 2.05) is 13.8 Å². The molecule has 0 saturated carbocycles. The first-order valence-electron chi connectivity index (χ1n) is 5.98. The first kappa shape index (κ1) is 16.4. The van der Waals surface area contributed by atoms with E-state index in [1.165, 1.54) is 0 Å². The molecule has 0 fully saturated rings. The van der Waals surface area contributed by atoms with E-state index in [9.17, 15) is 13.2 Å². The fourth-order valence-corrected chi connectivity index (χ4v) is 1.79. The predicted molar refractivity (Wildman–Crippen MR) is 65.3 cm³/mol. The Hall–Kier alpha value is -0.620. The molecule has 1 atom stereocenters. The van der Waals surface area contributed by atoms with Crippen LogP contribution in [0.15, 0.2) is 0 Å². The zero-order valence-electron chi connectivity index (χ0n) is 10.5. The average Bonchev–Trinajstić information content (AvgIpc) is 2.24. The predicted octanol–water partition coefficient (Wildman–Crippen LogP) is 2.02. The topological polar surface area (TPSA) is 80.7 Å². The molecule has 0 spiro atoms. The van der Waals surface area contributed by atoms with Crippen LogP contribution in [0.2, 0.25) is 0 Å². The van der Waals surface area contributed by atoms with Crippen LogP contribution in [0, 0.1) is 5.92 Å². The second-order valence-corrected chi connectivity index (χ2v) is 5.75. The standard InChI is InChI=1S/C11H22O5S/c1-3-10(2)11(12)16-8-6-4-5-7-9-17(13,14)15/h10H,3-9H2,1-2H3,(H,13,14,15). The normalized spacial score (nSPS) is 13.4. The highest BCUT2D eigenvalue weighted by molar-refractivity contribution is 7.85. The first-order chi connectivity index (χ1) is 7.87. The van der Waals surface area contributed by atoms with Gasteiger partial charge in [-0.15, -0.1) is 0 Å². The summed E-state index contributed by atoms with van der Waals surface area (Å²) in [6.45, 7) is 4.14. The van der Waals surface area contributed by atoms with Crippen LogP contribution in [0.4, 0.5) is 0 Å². The van der Waals surface area contributed by atoms with E-state index in [0.717, 1.165) is 19.3 Å². The summed E-state index contributed by atoms with van der Waals surface area (Å²) in [6, 6.07) is 0. The highest BCUT2D eigenvalue weighted by Gasteiger charge is 2.11. The van der Waals surface area contributed by atoms with Gasteiger partial charge in [0.2, 0.25) is 0 Å². The summed E-state index contributed by atoms with van der Waals surface area (Å²) in [5, 5.41) is 0. The maximum atomic E-state index is 11.3. The lowest BCUT2D eigenvalue weighted by molar-refractivity contribution is -0.148. The molecular weight excluding hydrogens is 244 g/mol. The molecule has 102 valence electrons. The van der Waals surface area contributed by atoms with E-state index in [2.05, 4.69) is 0 Å². The van der Waals surface area contributed by atoms with Gasteiger partial charge in [0.1, 0.15) is 0 Å². The Balaban J connectivity index is 3.39. The van der Waals surface area contributed by atoms with Crippen molar-refractivity contribution in [2.45, 2.75) is 46.0 Å². The highest BCUT2D eigenvalue weighted by Crippen LogP contribution is 2.06. The molecule has 17 heavy (non-hydrogen) atoms. The van der Waals surface area contributed by atoms with E-state index >= 15 is 0 Å². The third-order valence-corrected chi connectivity index (χ3v) is 3.36. The molecule has 0 amide bonds. The van der Waals surface area contributed by atoms with Gasteiger partial charge in [0.05, 0.1) is 18.3 Å². The Bertz CT molecular complexity index is 310. The second kappa shape index (κ2) is 8.47. The van der Waals surface area contributed by atoms with Gasteiger partial charge in [0.25, 0.3) is 10.1 Å². The van der Waals surface area contributed by atoms with Gasteiger partial charge in [-0.3, -0.25) is 9.35 Å². The number of ether oxygens (including phenoxy) is 1. The van der Waals surface area contributed by atoms with Crippen molar-refractivity contribution < 1.29 is 22.5 Å². The summed E-state index contributed by atoms with van der Waals surface area (Å²) in [7, 11) is -3.83. The lowest BCUT2D eigenvalue weighted by Gasteiger charge is -2.08. The van der Waals surface area contributed by atoms with Crippen LogP contribution in [-0.2, 0) is 19.6 Å². The zero-order chi connectivity index (χ0) is 13.3. The van der Waals surface area contributed by atoms with Gasteiger partial charge < -0.3 is 4.74 Å². The van der Waals surface area contributed by atoms with Crippen molar-refractivity contribution in [3.8, 4) is 0 Å². The summed E-state index contributed by atoms with van der Waals surface area (Å²) in [6.07, 6.45) is 3.45. The third kappa shape index (κ3) is 10.3. The number of hydrogen-bond acceptors (Lipinski definition) is 4. The Morgan fingerprint density at radius 1 is 1.24 bits per heavy atom. The Labute approximate surface area is 103 Å². The molecule has 1 unspecified atom stereocenters. The van der Waals surface area contributed by atoms with Gasteiger partial charge in [0, 0.05) is 0 Å². The number of carbonyl (C=O) groups is 1. The summed E-state index contributed by atoms with van der Waals surface area (Å²) in [5.74, 6) is -0.431. The van der Waals surface area contributed by atoms with E-state index in [0.29, 0.717) is 19.4 Å². The van der Waals surface area contributed by atoms with Gasteiger partial charge >= 0.3 is 5.97 Å². The number of unbranched alkanes of at least 4 members (excludes halogenated alkanes) is 3. The molecule has 0 aliphatic rings. The quantitative estimate of drug-likeness (QED) is 0.392. The molecule has 0 aromatic heterocycles. The zero-order valence-corrected chi connectivity index (χ0v) is 11.3. The van der Waals surface area contributed by atoms with Crippen LogP contribution in [-0.4, -0.2) is 31.3 Å². The van der Waals surface area contributed by atoms with Crippen LogP contribution < -0.4 is 0 Å². The lowest BCUT2D eigenvalue weighted by atomic mass is 10.1. The van der Waals surface area contributed by atoms with Crippen molar-refractivity contribution in [1.29, 1.82) is 0 Å². The summed E-state index contributed by atoms with van der Waals surface area (Å²) in [5.41, 5.74) is 0. The Morgan fingerprint density at radius 3 is 2.35 bits per heavy atom. The molecule has 0 heterocycles. The largest absolute Gasteiger partial charge is 0.465 e. The van der Waals surface area contributed by atoms with Gasteiger partial charge in [-0.25, -0.2) is 0 Å². The van der Waals surface area contributed by atoms with E-state index in [4.69, 9.17) is 9.29 Å². The molecule has 0 aromatic rings. The molecule has 0 rings (SSSR count).